The predicted molar refractivity (Wildman–Crippen MR) is 64.1 cm³/mol. The van der Waals surface area contributed by atoms with Gasteiger partial charge in [0.25, 0.3) is 5.91 Å². The van der Waals surface area contributed by atoms with Gasteiger partial charge in [0, 0.05) is 13.1 Å². The van der Waals surface area contributed by atoms with Crippen LogP contribution in [0.3, 0.4) is 0 Å². The lowest BCUT2D eigenvalue weighted by Crippen LogP contribution is -2.42. The number of amides is 1. The number of nitrogens with zero attached hydrogens (tertiary/aromatic N) is 1. The van der Waals surface area contributed by atoms with Crippen LogP contribution in [0, 0.1) is 12.8 Å². The Morgan fingerprint density at radius 1 is 1.44 bits per heavy atom. The van der Waals surface area contributed by atoms with E-state index in [0.29, 0.717) is 24.6 Å². The molecular weight excluding hydrogens is 234 g/mol. The zero-order chi connectivity index (χ0) is 13.1. The Labute approximate surface area is 106 Å². The lowest BCUT2D eigenvalue weighted by Gasteiger charge is -2.30. The standard InChI is InChI=1S/C13H17NO4/c1-9-5-6-11(18-9)12(15)14-7-3-4-10(8-14)13(16)17-2/h5-6,10H,3-4,7-8H2,1-2H3/t10-/m0/s1. The van der Waals surface area contributed by atoms with E-state index in [2.05, 4.69) is 0 Å². The van der Waals surface area contributed by atoms with E-state index in [1.165, 1.54) is 7.11 Å². The van der Waals surface area contributed by atoms with Gasteiger partial charge in [0.1, 0.15) is 5.76 Å². The molecule has 5 nitrogen and oxygen atoms in total. The van der Waals surface area contributed by atoms with Crippen molar-refractivity contribution < 1.29 is 18.7 Å². The second-order valence-electron chi connectivity index (χ2n) is 4.52. The largest absolute Gasteiger partial charge is 0.469 e. The molecule has 2 rings (SSSR count). The van der Waals surface area contributed by atoms with Gasteiger partial charge in [0.15, 0.2) is 5.76 Å². The van der Waals surface area contributed by atoms with Gasteiger partial charge in [-0.2, -0.15) is 0 Å². The van der Waals surface area contributed by atoms with Gasteiger partial charge in [-0.15, -0.1) is 0 Å². The number of hydrogen-bond donors (Lipinski definition) is 0. The van der Waals surface area contributed by atoms with Crippen molar-refractivity contribution in [2.45, 2.75) is 19.8 Å². The minimum absolute atomic E-state index is 0.156. The number of rotatable bonds is 2. The third-order valence-corrected chi connectivity index (χ3v) is 3.19. The lowest BCUT2D eigenvalue weighted by molar-refractivity contribution is -0.146. The van der Waals surface area contributed by atoms with Gasteiger partial charge in [-0.3, -0.25) is 9.59 Å². The number of aryl methyl sites for hydroxylation is 1. The van der Waals surface area contributed by atoms with Gasteiger partial charge in [-0.1, -0.05) is 0 Å². The minimum atomic E-state index is -0.247. The summed E-state index contributed by atoms with van der Waals surface area (Å²) in [5.74, 6) is 0.418. The first-order valence-corrected chi connectivity index (χ1v) is 6.05. The summed E-state index contributed by atoms with van der Waals surface area (Å²) in [6.45, 7) is 2.86. The number of ether oxygens (including phenoxy) is 1. The monoisotopic (exact) mass is 251 g/mol. The van der Waals surface area contributed by atoms with E-state index in [4.69, 9.17) is 9.15 Å². The molecule has 0 N–H and O–H groups in total. The first-order valence-electron chi connectivity index (χ1n) is 6.05. The van der Waals surface area contributed by atoms with Crippen molar-refractivity contribution in [3.8, 4) is 0 Å². The van der Waals surface area contributed by atoms with E-state index in [1.54, 1.807) is 24.0 Å². The van der Waals surface area contributed by atoms with Gasteiger partial charge in [-0.25, -0.2) is 0 Å². The van der Waals surface area contributed by atoms with Crippen LogP contribution >= 0.6 is 0 Å². The van der Waals surface area contributed by atoms with Crippen molar-refractivity contribution in [1.82, 2.24) is 4.90 Å². The van der Waals surface area contributed by atoms with Crippen molar-refractivity contribution in [3.63, 3.8) is 0 Å². The normalized spacial score (nSPS) is 19.7. The smallest absolute Gasteiger partial charge is 0.310 e. The van der Waals surface area contributed by atoms with Crippen LogP contribution < -0.4 is 0 Å². The summed E-state index contributed by atoms with van der Waals surface area (Å²) in [5, 5.41) is 0. The van der Waals surface area contributed by atoms with Gasteiger partial charge in [0.2, 0.25) is 0 Å². The second kappa shape index (κ2) is 5.25. The van der Waals surface area contributed by atoms with E-state index < -0.39 is 0 Å². The maximum atomic E-state index is 12.1. The van der Waals surface area contributed by atoms with E-state index in [1.807, 2.05) is 0 Å². The van der Waals surface area contributed by atoms with Crippen LogP contribution in [0.5, 0.6) is 0 Å². The number of carbonyl (C=O) groups excluding carboxylic acids is 2. The fourth-order valence-corrected chi connectivity index (χ4v) is 2.23. The van der Waals surface area contributed by atoms with E-state index >= 15 is 0 Å². The highest BCUT2D eigenvalue weighted by Gasteiger charge is 2.30. The van der Waals surface area contributed by atoms with Gasteiger partial charge < -0.3 is 14.1 Å². The fourth-order valence-electron chi connectivity index (χ4n) is 2.23. The van der Waals surface area contributed by atoms with E-state index in [9.17, 15) is 9.59 Å². The number of piperidine rings is 1. The Kier molecular flexibility index (Phi) is 3.69. The van der Waals surface area contributed by atoms with Crippen molar-refractivity contribution in [2.75, 3.05) is 20.2 Å². The molecule has 1 atom stereocenters. The van der Waals surface area contributed by atoms with Gasteiger partial charge >= 0.3 is 5.97 Å². The minimum Gasteiger partial charge on any atom is -0.469 e. The summed E-state index contributed by atoms with van der Waals surface area (Å²) < 4.78 is 10.0. The molecule has 18 heavy (non-hydrogen) atoms. The molecule has 1 fully saturated rings. The first-order chi connectivity index (χ1) is 8.61. The van der Waals surface area contributed by atoms with Crippen LogP contribution in [0.4, 0.5) is 0 Å². The van der Waals surface area contributed by atoms with Crippen molar-refractivity contribution in [1.29, 1.82) is 0 Å². The quantitative estimate of drug-likeness (QED) is 0.749. The second-order valence-corrected chi connectivity index (χ2v) is 4.52. The zero-order valence-corrected chi connectivity index (χ0v) is 10.6. The van der Waals surface area contributed by atoms with Crippen LogP contribution in [0.25, 0.3) is 0 Å². The summed E-state index contributed by atoms with van der Waals surface area (Å²) in [5.41, 5.74) is 0. The Bertz CT molecular complexity index is 452. The summed E-state index contributed by atoms with van der Waals surface area (Å²) in [6.07, 6.45) is 1.58. The molecule has 1 aliphatic rings. The van der Waals surface area contributed by atoms with Crippen molar-refractivity contribution in [3.05, 3.63) is 23.7 Å². The van der Waals surface area contributed by atoms with Crippen LogP contribution in [0.1, 0.15) is 29.2 Å². The molecule has 1 aromatic heterocycles. The fraction of sp³-hybridized carbons (Fsp3) is 0.538. The molecule has 0 saturated carbocycles. The van der Waals surface area contributed by atoms with Gasteiger partial charge in [0.05, 0.1) is 13.0 Å². The highest BCUT2D eigenvalue weighted by atomic mass is 16.5. The van der Waals surface area contributed by atoms with E-state index in [-0.39, 0.29) is 17.8 Å². The molecule has 5 heteroatoms. The van der Waals surface area contributed by atoms with Crippen molar-refractivity contribution >= 4 is 11.9 Å². The molecule has 0 unspecified atom stereocenters. The van der Waals surface area contributed by atoms with Crippen molar-refractivity contribution in [2.24, 2.45) is 5.92 Å². The SMILES string of the molecule is COC(=O)[C@H]1CCCN(C(=O)c2ccc(C)o2)C1. The average molecular weight is 251 g/mol. The summed E-state index contributed by atoms with van der Waals surface area (Å²) >= 11 is 0. The molecule has 0 spiro atoms. The number of hydrogen-bond acceptors (Lipinski definition) is 4. The summed E-state index contributed by atoms with van der Waals surface area (Å²) in [7, 11) is 1.37. The predicted octanol–water partition coefficient (Wildman–Crippen LogP) is 1.61. The number of methoxy groups -OCH3 is 1. The highest BCUT2D eigenvalue weighted by Crippen LogP contribution is 2.20. The third-order valence-electron chi connectivity index (χ3n) is 3.19. The summed E-state index contributed by atoms with van der Waals surface area (Å²) in [6, 6.07) is 3.42. The number of furan rings is 1. The number of likely N-dealkylation sites (tertiary alicyclic amines) is 1. The number of esters is 1. The number of carbonyl (C=O) groups is 2. The van der Waals surface area contributed by atoms with Gasteiger partial charge in [-0.05, 0) is 31.9 Å². The molecule has 1 aliphatic heterocycles. The topological polar surface area (TPSA) is 59.8 Å². The highest BCUT2D eigenvalue weighted by molar-refractivity contribution is 5.92. The molecule has 1 saturated heterocycles. The lowest BCUT2D eigenvalue weighted by atomic mass is 9.98. The van der Waals surface area contributed by atoms with Crippen LogP contribution in [0.2, 0.25) is 0 Å². The zero-order valence-electron chi connectivity index (χ0n) is 10.6. The van der Waals surface area contributed by atoms with Crippen LogP contribution in [-0.4, -0.2) is 37.0 Å². The van der Waals surface area contributed by atoms with Crippen LogP contribution in [-0.2, 0) is 9.53 Å². The van der Waals surface area contributed by atoms with Crippen LogP contribution in [0.15, 0.2) is 16.5 Å². The Hall–Kier alpha value is -1.78. The Balaban J connectivity index is 2.05. The maximum Gasteiger partial charge on any atom is 0.310 e. The molecule has 0 aromatic carbocycles. The first kappa shape index (κ1) is 12.7. The average Bonchev–Trinajstić information content (AvgIpc) is 2.83. The molecular formula is C13H17NO4. The molecule has 0 aliphatic carbocycles. The van der Waals surface area contributed by atoms with E-state index in [0.717, 1.165) is 12.8 Å². The molecule has 1 aromatic rings. The molecule has 1 amide bonds. The third kappa shape index (κ3) is 2.55. The summed E-state index contributed by atoms with van der Waals surface area (Å²) in [4.78, 5) is 25.3. The molecule has 0 radical (unpaired) electrons. The Morgan fingerprint density at radius 2 is 2.22 bits per heavy atom. The molecule has 2 heterocycles. The molecule has 98 valence electrons. The maximum absolute atomic E-state index is 12.1. The molecule has 0 bridgehead atoms. The Morgan fingerprint density at radius 3 is 2.83 bits per heavy atom.